The zero-order valence-electron chi connectivity index (χ0n) is 10.7. The molecule has 0 aliphatic rings. The Morgan fingerprint density at radius 1 is 1.19 bits per heavy atom. The van der Waals surface area contributed by atoms with Crippen molar-refractivity contribution in [1.29, 1.82) is 0 Å². The van der Waals surface area contributed by atoms with Crippen LogP contribution in [0.1, 0.15) is 0 Å². The number of rotatable bonds is 2. The van der Waals surface area contributed by atoms with E-state index in [1.54, 1.807) is 18.2 Å². The van der Waals surface area contributed by atoms with E-state index in [2.05, 4.69) is 26.1 Å². The number of H-pyrrole nitrogens is 1. The Kier molecular flexibility index (Phi) is 3.69. The number of anilines is 1. The van der Waals surface area contributed by atoms with Crippen molar-refractivity contribution in [3.63, 3.8) is 0 Å². The van der Waals surface area contributed by atoms with E-state index in [1.807, 2.05) is 18.2 Å². The molecule has 0 radical (unpaired) electrons. The van der Waals surface area contributed by atoms with Crippen molar-refractivity contribution < 1.29 is 4.39 Å². The van der Waals surface area contributed by atoms with Crippen LogP contribution in [-0.2, 0) is 0 Å². The summed E-state index contributed by atoms with van der Waals surface area (Å²) in [5.74, 6) is 0.0177. The topological polar surface area (TPSA) is 54.7 Å². The van der Waals surface area contributed by atoms with Crippen LogP contribution in [0.5, 0.6) is 0 Å². The highest BCUT2D eigenvalue weighted by Crippen LogP contribution is 2.38. The summed E-state index contributed by atoms with van der Waals surface area (Å²) in [6, 6.07) is 12.1. The predicted molar refractivity (Wildman–Crippen MR) is 86.5 cm³/mol. The van der Waals surface area contributed by atoms with Gasteiger partial charge in [0.1, 0.15) is 5.82 Å². The Labute approximate surface area is 134 Å². The molecule has 1 aromatic heterocycles. The molecule has 0 fully saturated rings. The Balaban J connectivity index is 2.22. The SMILES string of the molecule is Nc1n[nH]c(-c2ccc(F)c(Br)c2)c1-c1ccccc1Cl. The Hall–Kier alpha value is -1.85. The molecule has 0 unspecified atom stereocenters. The van der Waals surface area contributed by atoms with E-state index < -0.39 is 0 Å². The molecule has 0 saturated heterocycles. The van der Waals surface area contributed by atoms with Crippen molar-refractivity contribution in [3.8, 4) is 22.4 Å². The molecule has 3 aromatic rings. The highest BCUT2D eigenvalue weighted by Gasteiger charge is 2.17. The second kappa shape index (κ2) is 5.50. The second-order valence-corrected chi connectivity index (χ2v) is 5.73. The van der Waals surface area contributed by atoms with Gasteiger partial charge in [0.15, 0.2) is 5.82 Å². The van der Waals surface area contributed by atoms with Crippen LogP contribution in [0.25, 0.3) is 22.4 Å². The largest absolute Gasteiger partial charge is 0.382 e. The lowest BCUT2D eigenvalue weighted by Crippen LogP contribution is -1.90. The third kappa shape index (κ3) is 2.54. The highest BCUT2D eigenvalue weighted by atomic mass is 79.9. The first kappa shape index (κ1) is 14.1. The van der Waals surface area contributed by atoms with Crippen LogP contribution in [0.4, 0.5) is 10.2 Å². The minimum absolute atomic E-state index is 0.328. The predicted octanol–water partition coefficient (Wildman–Crippen LogP) is 4.88. The van der Waals surface area contributed by atoms with Crippen molar-refractivity contribution >= 4 is 33.3 Å². The second-order valence-electron chi connectivity index (χ2n) is 4.47. The Bertz CT molecular complexity index is 816. The number of nitrogens with zero attached hydrogens (tertiary/aromatic N) is 1. The smallest absolute Gasteiger partial charge is 0.153 e. The summed E-state index contributed by atoms with van der Waals surface area (Å²) in [6.45, 7) is 0. The van der Waals surface area contributed by atoms with Crippen LogP contribution in [0.3, 0.4) is 0 Å². The fourth-order valence-electron chi connectivity index (χ4n) is 2.15. The summed E-state index contributed by atoms with van der Waals surface area (Å²) in [7, 11) is 0. The molecule has 106 valence electrons. The van der Waals surface area contributed by atoms with Gasteiger partial charge in [0.2, 0.25) is 0 Å². The fourth-order valence-corrected chi connectivity index (χ4v) is 2.76. The van der Waals surface area contributed by atoms with Gasteiger partial charge in [-0.05, 0) is 40.2 Å². The third-order valence-corrected chi connectivity index (χ3v) is 4.08. The van der Waals surface area contributed by atoms with E-state index in [0.29, 0.717) is 26.6 Å². The average Bonchev–Trinajstić information content (AvgIpc) is 2.84. The van der Waals surface area contributed by atoms with Crippen molar-refractivity contribution in [2.45, 2.75) is 0 Å². The maximum Gasteiger partial charge on any atom is 0.153 e. The molecule has 1 heterocycles. The number of nitrogen functional groups attached to an aromatic ring is 1. The molecule has 3 rings (SSSR count). The molecule has 0 aliphatic heterocycles. The molecule has 2 aromatic carbocycles. The summed E-state index contributed by atoms with van der Waals surface area (Å²) >= 11 is 9.42. The average molecular weight is 367 g/mol. The molecular weight excluding hydrogens is 357 g/mol. The van der Waals surface area contributed by atoms with Gasteiger partial charge >= 0.3 is 0 Å². The van der Waals surface area contributed by atoms with Gasteiger partial charge in [0.25, 0.3) is 0 Å². The zero-order valence-corrected chi connectivity index (χ0v) is 13.0. The lowest BCUT2D eigenvalue weighted by molar-refractivity contribution is 0.621. The van der Waals surface area contributed by atoms with Crippen molar-refractivity contribution in [3.05, 3.63) is 57.8 Å². The molecule has 21 heavy (non-hydrogen) atoms. The Morgan fingerprint density at radius 3 is 2.67 bits per heavy atom. The summed E-state index contributed by atoms with van der Waals surface area (Å²) < 4.78 is 13.8. The monoisotopic (exact) mass is 365 g/mol. The first-order valence-electron chi connectivity index (χ1n) is 6.12. The number of aromatic nitrogens is 2. The van der Waals surface area contributed by atoms with Crippen LogP contribution < -0.4 is 5.73 Å². The van der Waals surface area contributed by atoms with E-state index in [4.69, 9.17) is 17.3 Å². The van der Waals surface area contributed by atoms with Crippen molar-refractivity contribution in [1.82, 2.24) is 10.2 Å². The first-order chi connectivity index (χ1) is 10.1. The lowest BCUT2D eigenvalue weighted by atomic mass is 10.0. The molecule has 6 heteroatoms. The van der Waals surface area contributed by atoms with Gasteiger partial charge in [-0.3, -0.25) is 5.10 Å². The number of nitrogens with two attached hydrogens (primary N) is 1. The van der Waals surface area contributed by atoms with E-state index in [-0.39, 0.29) is 5.82 Å². The number of benzene rings is 2. The van der Waals surface area contributed by atoms with Crippen LogP contribution in [0, 0.1) is 5.82 Å². The lowest BCUT2D eigenvalue weighted by Gasteiger charge is -2.07. The standard InChI is InChI=1S/C15H10BrClFN3/c16-10-7-8(5-6-12(10)18)14-13(15(19)21-20-14)9-3-1-2-4-11(9)17/h1-7H,(H3,19,20,21). The summed E-state index contributed by atoms with van der Waals surface area (Å²) in [4.78, 5) is 0. The highest BCUT2D eigenvalue weighted by molar-refractivity contribution is 9.10. The molecule has 3 N–H and O–H groups in total. The van der Waals surface area contributed by atoms with Crippen LogP contribution in [-0.4, -0.2) is 10.2 Å². The minimum Gasteiger partial charge on any atom is -0.382 e. The van der Waals surface area contributed by atoms with E-state index in [0.717, 1.165) is 11.1 Å². The van der Waals surface area contributed by atoms with Gasteiger partial charge in [-0.25, -0.2) is 4.39 Å². The maximum absolute atomic E-state index is 13.4. The fraction of sp³-hybridized carbons (Fsp3) is 0. The molecular formula is C15H10BrClFN3. The van der Waals surface area contributed by atoms with E-state index >= 15 is 0 Å². The van der Waals surface area contributed by atoms with Crippen molar-refractivity contribution in [2.24, 2.45) is 0 Å². The van der Waals surface area contributed by atoms with Crippen LogP contribution in [0.2, 0.25) is 5.02 Å². The van der Waals surface area contributed by atoms with Crippen molar-refractivity contribution in [2.75, 3.05) is 5.73 Å². The van der Waals surface area contributed by atoms with Crippen LogP contribution in [0.15, 0.2) is 46.9 Å². The Morgan fingerprint density at radius 2 is 1.95 bits per heavy atom. The molecule has 0 bridgehead atoms. The van der Waals surface area contributed by atoms with Gasteiger partial charge in [0.05, 0.1) is 15.7 Å². The minimum atomic E-state index is -0.328. The van der Waals surface area contributed by atoms with Gasteiger partial charge in [-0.1, -0.05) is 29.8 Å². The van der Waals surface area contributed by atoms with Gasteiger partial charge in [-0.15, -0.1) is 0 Å². The molecule has 3 nitrogen and oxygen atoms in total. The number of aromatic amines is 1. The quantitative estimate of drug-likeness (QED) is 0.679. The number of hydrogen-bond acceptors (Lipinski definition) is 2. The molecule has 0 aliphatic carbocycles. The summed E-state index contributed by atoms with van der Waals surface area (Å²) in [6.07, 6.45) is 0. The first-order valence-corrected chi connectivity index (χ1v) is 7.29. The van der Waals surface area contributed by atoms with E-state index in [9.17, 15) is 4.39 Å². The maximum atomic E-state index is 13.4. The number of halogens is 3. The number of nitrogens with one attached hydrogen (secondary N) is 1. The summed E-state index contributed by atoms with van der Waals surface area (Å²) in [5.41, 5.74) is 8.91. The molecule has 0 atom stereocenters. The molecule has 0 saturated carbocycles. The van der Waals surface area contributed by atoms with E-state index in [1.165, 1.54) is 6.07 Å². The van der Waals surface area contributed by atoms with Gasteiger partial charge < -0.3 is 5.73 Å². The molecule has 0 amide bonds. The van der Waals surface area contributed by atoms with Crippen LogP contribution >= 0.6 is 27.5 Å². The van der Waals surface area contributed by atoms with Gasteiger partial charge in [0, 0.05) is 16.1 Å². The van der Waals surface area contributed by atoms with Gasteiger partial charge in [-0.2, -0.15) is 5.10 Å². The zero-order chi connectivity index (χ0) is 15.0. The number of hydrogen-bond donors (Lipinski definition) is 2. The molecule has 0 spiro atoms. The summed E-state index contributed by atoms with van der Waals surface area (Å²) in [5, 5.41) is 7.51. The third-order valence-electron chi connectivity index (χ3n) is 3.15. The normalized spacial score (nSPS) is 10.8.